The van der Waals surface area contributed by atoms with Crippen molar-refractivity contribution in [3.05, 3.63) is 35.9 Å². The van der Waals surface area contributed by atoms with Crippen molar-refractivity contribution in [1.82, 2.24) is 0 Å². The van der Waals surface area contributed by atoms with Crippen LogP contribution in [-0.2, 0) is 19.0 Å². The van der Waals surface area contributed by atoms with Gasteiger partial charge in [0.05, 0.1) is 18.6 Å². The number of esters is 1. The van der Waals surface area contributed by atoms with Crippen LogP contribution in [0.5, 0.6) is 0 Å². The molecule has 0 aliphatic carbocycles. The summed E-state index contributed by atoms with van der Waals surface area (Å²) >= 11 is 0. The molecule has 1 aromatic carbocycles. The molecule has 19 heavy (non-hydrogen) atoms. The van der Waals surface area contributed by atoms with E-state index < -0.39 is 0 Å². The van der Waals surface area contributed by atoms with Crippen LogP contribution in [0.4, 0.5) is 0 Å². The Morgan fingerprint density at radius 2 is 2.11 bits per heavy atom. The summed E-state index contributed by atoms with van der Waals surface area (Å²) in [6.45, 7) is 2.51. The van der Waals surface area contributed by atoms with Crippen LogP contribution in [0, 0.1) is 0 Å². The van der Waals surface area contributed by atoms with Crippen molar-refractivity contribution in [3.8, 4) is 0 Å². The molecule has 0 saturated carbocycles. The maximum atomic E-state index is 11.6. The molecule has 4 heteroatoms. The van der Waals surface area contributed by atoms with E-state index >= 15 is 0 Å². The van der Waals surface area contributed by atoms with E-state index in [-0.39, 0.29) is 36.8 Å². The fourth-order valence-corrected chi connectivity index (χ4v) is 2.87. The van der Waals surface area contributed by atoms with Gasteiger partial charge in [-0.25, -0.2) is 0 Å². The molecule has 2 saturated heterocycles. The van der Waals surface area contributed by atoms with Crippen LogP contribution in [0.25, 0.3) is 0 Å². The van der Waals surface area contributed by atoms with Crippen molar-refractivity contribution in [2.24, 2.45) is 0 Å². The van der Waals surface area contributed by atoms with Crippen molar-refractivity contribution in [2.75, 3.05) is 6.61 Å². The maximum absolute atomic E-state index is 11.6. The summed E-state index contributed by atoms with van der Waals surface area (Å²) in [4.78, 5) is 11.6. The number of fused-ring (bicyclic) bond motifs is 1. The van der Waals surface area contributed by atoms with Crippen LogP contribution in [0.1, 0.15) is 31.4 Å². The van der Waals surface area contributed by atoms with Crippen molar-refractivity contribution < 1.29 is 19.0 Å². The number of ether oxygens (including phenoxy) is 3. The smallest absolute Gasteiger partial charge is 0.308 e. The Hall–Kier alpha value is -1.39. The quantitative estimate of drug-likeness (QED) is 0.784. The number of carbonyl (C=O) groups excluding carboxylic acids is 1. The molecule has 2 fully saturated rings. The van der Waals surface area contributed by atoms with Gasteiger partial charge in [-0.2, -0.15) is 0 Å². The summed E-state index contributed by atoms with van der Waals surface area (Å²) in [6.07, 6.45) is 0.501. The zero-order valence-corrected chi connectivity index (χ0v) is 11.0. The molecule has 4 nitrogen and oxygen atoms in total. The highest BCUT2D eigenvalue weighted by Gasteiger charge is 2.47. The highest BCUT2D eigenvalue weighted by molar-refractivity contribution is 5.71. The molecule has 0 radical (unpaired) electrons. The van der Waals surface area contributed by atoms with E-state index in [9.17, 15) is 4.79 Å². The normalized spacial score (nSPS) is 33.8. The predicted octanol–water partition coefficient (Wildman–Crippen LogP) is 2.24. The largest absolute Gasteiger partial charge is 0.459 e. The first kappa shape index (κ1) is 12.6. The average Bonchev–Trinajstić information content (AvgIpc) is 2.84. The minimum Gasteiger partial charge on any atom is -0.459 e. The molecular formula is C15H18O4. The number of hydrogen-bond acceptors (Lipinski definition) is 4. The Labute approximate surface area is 112 Å². The van der Waals surface area contributed by atoms with Crippen molar-refractivity contribution >= 4 is 5.97 Å². The van der Waals surface area contributed by atoms with Gasteiger partial charge < -0.3 is 14.2 Å². The number of hydrogen-bond donors (Lipinski definition) is 0. The second-order valence-corrected chi connectivity index (χ2v) is 4.96. The molecule has 2 aliphatic rings. The molecule has 0 N–H and O–H groups in total. The molecule has 3 rings (SSSR count). The van der Waals surface area contributed by atoms with Gasteiger partial charge in [0.25, 0.3) is 0 Å². The third-order valence-electron chi connectivity index (χ3n) is 3.70. The minimum atomic E-state index is -0.183. The van der Waals surface area contributed by atoms with E-state index in [0.29, 0.717) is 13.0 Å². The maximum Gasteiger partial charge on any atom is 0.308 e. The Morgan fingerprint density at radius 3 is 2.84 bits per heavy atom. The molecule has 2 heterocycles. The van der Waals surface area contributed by atoms with Crippen LogP contribution in [0.15, 0.2) is 30.3 Å². The zero-order chi connectivity index (χ0) is 13.2. The van der Waals surface area contributed by atoms with Gasteiger partial charge in [-0.15, -0.1) is 0 Å². The van der Waals surface area contributed by atoms with E-state index in [1.807, 2.05) is 37.3 Å². The molecule has 0 unspecified atom stereocenters. The van der Waals surface area contributed by atoms with E-state index in [1.54, 1.807) is 0 Å². The number of rotatable bonds is 3. The Kier molecular flexibility index (Phi) is 3.53. The van der Waals surface area contributed by atoms with E-state index in [0.717, 1.165) is 5.56 Å². The molecule has 0 spiro atoms. The average molecular weight is 262 g/mol. The zero-order valence-electron chi connectivity index (χ0n) is 11.0. The van der Waals surface area contributed by atoms with Crippen LogP contribution in [0.3, 0.4) is 0 Å². The van der Waals surface area contributed by atoms with Crippen LogP contribution in [-0.4, -0.2) is 30.9 Å². The molecule has 102 valence electrons. The third-order valence-corrected chi connectivity index (χ3v) is 3.70. The van der Waals surface area contributed by atoms with Crippen LogP contribution < -0.4 is 0 Å². The third kappa shape index (κ3) is 2.51. The van der Waals surface area contributed by atoms with Crippen LogP contribution in [0.2, 0.25) is 0 Å². The molecular weight excluding hydrogens is 244 g/mol. The first-order chi connectivity index (χ1) is 9.28. The van der Waals surface area contributed by atoms with Gasteiger partial charge in [-0.3, -0.25) is 4.79 Å². The topological polar surface area (TPSA) is 44.8 Å². The molecule has 0 amide bonds. The molecule has 0 aromatic heterocycles. The van der Waals surface area contributed by atoms with Crippen molar-refractivity contribution in [2.45, 2.75) is 44.2 Å². The lowest BCUT2D eigenvalue weighted by atomic mass is 9.99. The molecule has 2 aliphatic heterocycles. The van der Waals surface area contributed by atoms with Gasteiger partial charge in [-0.1, -0.05) is 30.3 Å². The molecule has 4 atom stereocenters. The van der Waals surface area contributed by atoms with E-state index in [1.165, 1.54) is 0 Å². The first-order valence-corrected chi connectivity index (χ1v) is 6.79. The van der Waals surface area contributed by atoms with Crippen LogP contribution >= 0.6 is 0 Å². The Morgan fingerprint density at radius 1 is 1.32 bits per heavy atom. The predicted molar refractivity (Wildman–Crippen MR) is 68.6 cm³/mol. The van der Waals surface area contributed by atoms with Gasteiger partial charge in [0.2, 0.25) is 0 Å². The Balaban J connectivity index is 1.76. The highest BCUT2D eigenvalue weighted by atomic mass is 16.6. The van der Waals surface area contributed by atoms with Gasteiger partial charge in [0, 0.05) is 13.0 Å². The SMILES string of the molecule is CCO[C@@H]1CC(=O)O[C@H]2C[C@@H](c3ccccc3)O[C@H]21. The van der Waals surface area contributed by atoms with E-state index in [2.05, 4.69) is 0 Å². The summed E-state index contributed by atoms with van der Waals surface area (Å²) in [5.74, 6) is -0.183. The number of carbonyl (C=O) groups is 1. The second kappa shape index (κ2) is 5.31. The van der Waals surface area contributed by atoms with Gasteiger partial charge in [0.1, 0.15) is 12.2 Å². The van der Waals surface area contributed by atoms with Gasteiger partial charge in [0.15, 0.2) is 0 Å². The van der Waals surface area contributed by atoms with Gasteiger partial charge in [-0.05, 0) is 12.5 Å². The summed E-state index contributed by atoms with van der Waals surface area (Å²) in [6, 6.07) is 10.0. The lowest BCUT2D eigenvalue weighted by molar-refractivity contribution is -0.178. The standard InChI is InChI=1S/C15H18O4/c1-2-17-12-9-14(16)18-13-8-11(19-15(12)13)10-6-4-3-5-7-10/h3-7,11-13,15H,2,8-9H2,1H3/t11-,12+,13-,15-/m0/s1. The monoisotopic (exact) mass is 262 g/mol. The highest BCUT2D eigenvalue weighted by Crippen LogP contribution is 2.39. The molecule has 1 aromatic rings. The fraction of sp³-hybridized carbons (Fsp3) is 0.533. The summed E-state index contributed by atoms with van der Waals surface area (Å²) < 4.78 is 17.1. The minimum absolute atomic E-state index is 0.00921. The second-order valence-electron chi connectivity index (χ2n) is 4.96. The lowest BCUT2D eigenvalue weighted by Crippen LogP contribution is -2.45. The summed E-state index contributed by atoms with van der Waals surface area (Å²) in [7, 11) is 0. The van der Waals surface area contributed by atoms with Crippen molar-refractivity contribution in [3.63, 3.8) is 0 Å². The Bertz CT molecular complexity index is 445. The van der Waals surface area contributed by atoms with E-state index in [4.69, 9.17) is 14.2 Å². The number of benzene rings is 1. The summed E-state index contributed by atoms with van der Waals surface area (Å²) in [5, 5.41) is 0. The lowest BCUT2D eigenvalue weighted by Gasteiger charge is -2.31. The van der Waals surface area contributed by atoms with Gasteiger partial charge >= 0.3 is 5.97 Å². The molecule has 0 bridgehead atoms. The van der Waals surface area contributed by atoms with Crippen molar-refractivity contribution in [1.29, 1.82) is 0 Å². The fourth-order valence-electron chi connectivity index (χ4n) is 2.87. The summed E-state index contributed by atoms with van der Waals surface area (Å²) in [5.41, 5.74) is 1.13. The first-order valence-electron chi connectivity index (χ1n) is 6.79.